The summed E-state index contributed by atoms with van der Waals surface area (Å²) in [5.74, 6) is 0.0552. The van der Waals surface area contributed by atoms with Crippen LogP contribution in [0.2, 0.25) is 5.02 Å². The lowest BCUT2D eigenvalue weighted by atomic mass is 10.1. The van der Waals surface area contributed by atoms with Gasteiger partial charge in [-0.2, -0.15) is 0 Å². The van der Waals surface area contributed by atoms with Crippen molar-refractivity contribution in [2.75, 3.05) is 13.6 Å². The molecule has 1 aromatic heterocycles. The smallest absolute Gasteiger partial charge is 0.178 e. The molecule has 94 valence electrons. The van der Waals surface area contributed by atoms with E-state index in [2.05, 4.69) is 6.07 Å². The number of nitrogens with zero attached hydrogens (tertiary/aromatic N) is 1. The Labute approximate surface area is 116 Å². The summed E-state index contributed by atoms with van der Waals surface area (Å²) in [6, 6.07) is 11.3. The van der Waals surface area contributed by atoms with Gasteiger partial charge in [-0.3, -0.25) is 9.69 Å². The van der Waals surface area contributed by atoms with Crippen molar-refractivity contribution in [3.63, 3.8) is 0 Å². The van der Waals surface area contributed by atoms with Gasteiger partial charge in [0.15, 0.2) is 5.78 Å². The predicted molar refractivity (Wildman–Crippen MR) is 76.4 cm³/mol. The highest BCUT2D eigenvalue weighted by atomic mass is 35.5. The Morgan fingerprint density at radius 2 is 2.06 bits per heavy atom. The minimum Gasteiger partial charge on any atom is -0.294 e. The first-order chi connectivity index (χ1) is 8.66. The quantitative estimate of drug-likeness (QED) is 0.778. The number of thiophene rings is 1. The van der Waals surface area contributed by atoms with E-state index in [1.54, 1.807) is 23.5 Å². The zero-order chi connectivity index (χ0) is 13.0. The number of ketones is 1. The van der Waals surface area contributed by atoms with Crippen LogP contribution in [0.5, 0.6) is 0 Å². The van der Waals surface area contributed by atoms with Crippen LogP contribution in [0.25, 0.3) is 0 Å². The zero-order valence-corrected chi connectivity index (χ0v) is 11.7. The molecule has 2 rings (SSSR count). The largest absolute Gasteiger partial charge is 0.294 e. The van der Waals surface area contributed by atoms with E-state index in [1.165, 1.54) is 4.88 Å². The van der Waals surface area contributed by atoms with E-state index in [1.807, 2.05) is 35.5 Å². The second kappa shape index (κ2) is 6.14. The van der Waals surface area contributed by atoms with Crippen molar-refractivity contribution in [3.8, 4) is 0 Å². The van der Waals surface area contributed by atoms with Crippen molar-refractivity contribution in [1.82, 2.24) is 4.90 Å². The van der Waals surface area contributed by atoms with E-state index in [0.717, 1.165) is 6.54 Å². The van der Waals surface area contributed by atoms with E-state index >= 15 is 0 Å². The van der Waals surface area contributed by atoms with Crippen molar-refractivity contribution >= 4 is 28.7 Å². The molecule has 2 aromatic rings. The summed E-state index contributed by atoms with van der Waals surface area (Å²) < 4.78 is 0. The molecule has 2 nitrogen and oxygen atoms in total. The molecule has 4 heteroatoms. The van der Waals surface area contributed by atoms with Crippen LogP contribution in [-0.4, -0.2) is 24.3 Å². The van der Waals surface area contributed by atoms with Crippen LogP contribution in [0.3, 0.4) is 0 Å². The number of benzene rings is 1. The van der Waals surface area contributed by atoms with Crippen LogP contribution >= 0.6 is 22.9 Å². The highest BCUT2D eigenvalue weighted by Crippen LogP contribution is 2.16. The van der Waals surface area contributed by atoms with Gasteiger partial charge in [-0.25, -0.2) is 0 Å². The Hall–Kier alpha value is -1.16. The highest BCUT2D eigenvalue weighted by molar-refractivity contribution is 7.09. The molecule has 0 aliphatic carbocycles. The first-order valence-corrected chi connectivity index (χ1v) is 6.91. The van der Waals surface area contributed by atoms with Gasteiger partial charge < -0.3 is 0 Å². The lowest BCUT2D eigenvalue weighted by Crippen LogP contribution is -2.25. The molecule has 0 radical (unpaired) electrons. The van der Waals surface area contributed by atoms with E-state index < -0.39 is 0 Å². The summed E-state index contributed by atoms with van der Waals surface area (Å²) in [4.78, 5) is 15.3. The number of carbonyl (C=O) groups excluding carboxylic acids is 1. The van der Waals surface area contributed by atoms with E-state index in [-0.39, 0.29) is 5.78 Å². The third-order valence-corrected chi connectivity index (χ3v) is 3.78. The van der Waals surface area contributed by atoms with E-state index in [9.17, 15) is 4.79 Å². The first kappa shape index (κ1) is 13.3. The predicted octanol–water partition coefficient (Wildman–Crippen LogP) is 3.72. The molecule has 0 fully saturated rings. The molecule has 1 heterocycles. The topological polar surface area (TPSA) is 20.3 Å². The van der Waals surface area contributed by atoms with Crippen LogP contribution in [0.1, 0.15) is 15.2 Å². The molecule has 0 atom stereocenters. The fourth-order valence-electron chi connectivity index (χ4n) is 1.74. The van der Waals surface area contributed by atoms with Gasteiger partial charge in [0.05, 0.1) is 11.6 Å². The Morgan fingerprint density at radius 3 is 2.72 bits per heavy atom. The molecule has 0 spiro atoms. The molecule has 0 unspecified atom stereocenters. The van der Waals surface area contributed by atoms with Gasteiger partial charge in [0.1, 0.15) is 0 Å². The molecule has 0 aliphatic rings. The van der Waals surface area contributed by atoms with E-state index in [4.69, 9.17) is 11.6 Å². The fourth-order valence-corrected chi connectivity index (χ4v) is 2.77. The maximum absolute atomic E-state index is 12.1. The Bertz CT molecular complexity index is 524. The number of likely N-dealkylation sites (N-methyl/N-ethyl adjacent to an activating group) is 1. The molecule has 0 bridgehead atoms. The van der Waals surface area contributed by atoms with Crippen molar-refractivity contribution in [1.29, 1.82) is 0 Å². The molecular formula is C14H14ClNOS. The van der Waals surface area contributed by atoms with Crippen molar-refractivity contribution < 1.29 is 4.79 Å². The highest BCUT2D eigenvalue weighted by Gasteiger charge is 2.12. The number of Topliss-reactive ketones (excluding diaryl/α,β-unsaturated/α-hetero) is 1. The molecule has 0 saturated heterocycles. The summed E-state index contributed by atoms with van der Waals surface area (Å²) in [7, 11) is 1.94. The second-order valence-electron chi connectivity index (χ2n) is 4.15. The molecule has 18 heavy (non-hydrogen) atoms. The minimum absolute atomic E-state index is 0.0552. The summed E-state index contributed by atoms with van der Waals surface area (Å²) in [6.45, 7) is 1.16. The van der Waals surface area contributed by atoms with Gasteiger partial charge in [-0.05, 0) is 30.6 Å². The summed E-state index contributed by atoms with van der Waals surface area (Å²) in [6.07, 6.45) is 0. The van der Waals surface area contributed by atoms with Crippen molar-refractivity contribution in [2.24, 2.45) is 0 Å². The lowest BCUT2D eigenvalue weighted by molar-refractivity contribution is 0.0943. The zero-order valence-electron chi connectivity index (χ0n) is 10.1. The van der Waals surface area contributed by atoms with E-state index in [0.29, 0.717) is 17.1 Å². The van der Waals surface area contributed by atoms with Crippen LogP contribution in [-0.2, 0) is 6.54 Å². The third-order valence-electron chi connectivity index (χ3n) is 2.59. The average molecular weight is 280 g/mol. The second-order valence-corrected chi connectivity index (χ2v) is 5.59. The van der Waals surface area contributed by atoms with Crippen LogP contribution in [0.15, 0.2) is 41.8 Å². The maximum Gasteiger partial charge on any atom is 0.178 e. The molecule has 0 amide bonds. The summed E-state index contributed by atoms with van der Waals surface area (Å²) >= 11 is 7.71. The van der Waals surface area contributed by atoms with Crippen molar-refractivity contribution in [2.45, 2.75) is 6.54 Å². The van der Waals surface area contributed by atoms with Gasteiger partial charge in [-0.15, -0.1) is 11.3 Å². The first-order valence-electron chi connectivity index (χ1n) is 5.65. The molecule has 0 N–H and O–H groups in total. The van der Waals surface area contributed by atoms with Gasteiger partial charge in [0.2, 0.25) is 0 Å². The average Bonchev–Trinajstić information content (AvgIpc) is 2.82. The lowest BCUT2D eigenvalue weighted by Gasteiger charge is -2.15. The normalized spacial score (nSPS) is 10.8. The monoisotopic (exact) mass is 279 g/mol. The SMILES string of the molecule is CN(CC(=O)c1ccccc1Cl)Cc1cccs1. The molecular weight excluding hydrogens is 266 g/mol. The Balaban J connectivity index is 1.97. The van der Waals surface area contributed by atoms with Crippen LogP contribution in [0, 0.1) is 0 Å². The molecule has 0 saturated carbocycles. The summed E-state index contributed by atoms with van der Waals surface area (Å²) in [5.41, 5.74) is 0.595. The molecule has 0 aliphatic heterocycles. The standard InChI is InChI=1S/C14H14ClNOS/c1-16(9-11-5-4-8-18-11)10-14(17)12-6-2-3-7-13(12)15/h2-8H,9-10H2,1H3. The number of halogens is 1. The fraction of sp³-hybridized carbons (Fsp3) is 0.214. The number of hydrogen-bond acceptors (Lipinski definition) is 3. The van der Waals surface area contributed by atoms with Crippen LogP contribution < -0.4 is 0 Å². The van der Waals surface area contributed by atoms with Crippen molar-refractivity contribution in [3.05, 3.63) is 57.2 Å². The summed E-state index contributed by atoms with van der Waals surface area (Å²) in [5, 5.41) is 2.56. The maximum atomic E-state index is 12.1. The van der Waals surface area contributed by atoms with Gasteiger partial charge in [0.25, 0.3) is 0 Å². The number of rotatable bonds is 5. The van der Waals surface area contributed by atoms with Gasteiger partial charge >= 0.3 is 0 Å². The molecule has 1 aromatic carbocycles. The third kappa shape index (κ3) is 3.42. The number of carbonyl (C=O) groups is 1. The van der Waals surface area contributed by atoms with Crippen LogP contribution in [0.4, 0.5) is 0 Å². The Morgan fingerprint density at radius 1 is 1.28 bits per heavy atom. The van der Waals surface area contributed by atoms with Gasteiger partial charge in [-0.1, -0.05) is 29.8 Å². The number of hydrogen-bond donors (Lipinski definition) is 0. The van der Waals surface area contributed by atoms with Gasteiger partial charge in [0, 0.05) is 17.0 Å². The Kier molecular flexibility index (Phi) is 4.53. The minimum atomic E-state index is 0.0552.